The van der Waals surface area contributed by atoms with Crippen molar-refractivity contribution in [2.45, 2.75) is 25.8 Å². The third kappa shape index (κ3) is 3.72. The molecule has 18 heavy (non-hydrogen) atoms. The molecule has 0 aliphatic carbocycles. The van der Waals surface area contributed by atoms with Crippen LogP contribution in [0.25, 0.3) is 0 Å². The maximum absolute atomic E-state index is 5.69. The SMILES string of the molecule is CC1CN(C)CCN1CCCc1ccc(N)cc1. The molecule has 0 radical (unpaired) electrons. The second kappa shape index (κ2) is 6.21. The van der Waals surface area contributed by atoms with Crippen LogP contribution in [0, 0.1) is 0 Å². The summed E-state index contributed by atoms with van der Waals surface area (Å²) >= 11 is 0. The van der Waals surface area contributed by atoms with Crippen molar-refractivity contribution in [3.05, 3.63) is 29.8 Å². The largest absolute Gasteiger partial charge is 0.399 e. The summed E-state index contributed by atoms with van der Waals surface area (Å²) in [6.45, 7) is 7.14. The van der Waals surface area contributed by atoms with E-state index in [2.05, 4.69) is 35.9 Å². The first-order valence-electron chi connectivity index (χ1n) is 6.92. The molecule has 2 N–H and O–H groups in total. The van der Waals surface area contributed by atoms with E-state index in [-0.39, 0.29) is 0 Å². The maximum atomic E-state index is 5.69. The zero-order chi connectivity index (χ0) is 13.0. The molecule has 0 saturated carbocycles. The number of nitrogen functional groups attached to an aromatic ring is 1. The molecule has 1 saturated heterocycles. The van der Waals surface area contributed by atoms with Gasteiger partial charge in [0.15, 0.2) is 0 Å². The zero-order valence-electron chi connectivity index (χ0n) is 11.6. The van der Waals surface area contributed by atoms with Gasteiger partial charge in [0.25, 0.3) is 0 Å². The Labute approximate surface area is 111 Å². The topological polar surface area (TPSA) is 32.5 Å². The number of nitrogens with two attached hydrogens (primary N) is 1. The molecule has 100 valence electrons. The van der Waals surface area contributed by atoms with Gasteiger partial charge in [-0.1, -0.05) is 12.1 Å². The van der Waals surface area contributed by atoms with E-state index in [1.807, 2.05) is 12.1 Å². The third-order valence-corrected chi connectivity index (χ3v) is 3.86. The van der Waals surface area contributed by atoms with Gasteiger partial charge in [-0.25, -0.2) is 0 Å². The Morgan fingerprint density at radius 1 is 1.22 bits per heavy atom. The van der Waals surface area contributed by atoms with Crippen molar-refractivity contribution in [3.8, 4) is 0 Å². The first kappa shape index (κ1) is 13.4. The second-order valence-electron chi connectivity index (χ2n) is 5.49. The molecular formula is C15H25N3. The van der Waals surface area contributed by atoms with Crippen molar-refractivity contribution >= 4 is 5.69 Å². The molecule has 3 nitrogen and oxygen atoms in total. The highest BCUT2D eigenvalue weighted by molar-refractivity contribution is 5.39. The van der Waals surface area contributed by atoms with Crippen LogP contribution in [0.3, 0.4) is 0 Å². The van der Waals surface area contributed by atoms with Gasteiger partial charge in [-0.15, -0.1) is 0 Å². The van der Waals surface area contributed by atoms with Crippen molar-refractivity contribution < 1.29 is 0 Å². The van der Waals surface area contributed by atoms with Crippen LogP contribution in [-0.4, -0.2) is 49.1 Å². The summed E-state index contributed by atoms with van der Waals surface area (Å²) in [5.74, 6) is 0. The van der Waals surface area contributed by atoms with Crippen LogP contribution in [0.4, 0.5) is 5.69 Å². The fourth-order valence-electron chi connectivity index (χ4n) is 2.68. The molecule has 1 unspecified atom stereocenters. The minimum absolute atomic E-state index is 0.690. The standard InChI is InChI=1S/C15H25N3/c1-13-12-17(2)10-11-18(13)9-3-4-14-5-7-15(16)8-6-14/h5-8,13H,3-4,9-12,16H2,1-2H3. The Hall–Kier alpha value is -1.06. The van der Waals surface area contributed by atoms with E-state index in [4.69, 9.17) is 5.73 Å². The molecule has 1 aromatic rings. The number of hydrogen-bond donors (Lipinski definition) is 1. The van der Waals surface area contributed by atoms with Crippen LogP contribution < -0.4 is 5.73 Å². The van der Waals surface area contributed by atoms with E-state index in [1.165, 1.54) is 38.2 Å². The Bertz CT molecular complexity index is 361. The monoisotopic (exact) mass is 247 g/mol. The third-order valence-electron chi connectivity index (χ3n) is 3.86. The molecular weight excluding hydrogens is 222 g/mol. The number of hydrogen-bond acceptors (Lipinski definition) is 3. The highest BCUT2D eigenvalue weighted by Gasteiger charge is 2.20. The molecule has 1 heterocycles. The van der Waals surface area contributed by atoms with Gasteiger partial charge in [0.05, 0.1) is 0 Å². The highest BCUT2D eigenvalue weighted by atomic mass is 15.3. The van der Waals surface area contributed by atoms with Crippen molar-refractivity contribution in [1.82, 2.24) is 9.80 Å². The summed E-state index contributed by atoms with van der Waals surface area (Å²) < 4.78 is 0. The van der Waals surface area contributed by atoms with Gasteiger partial charge >= 0.3 is 0 Å². The molecule has 1 atom stereocenters. The molecule has 2 rings (SSSR count). The fourth-order valence-corrected chi connectivity index (χ4v) is 2.68. The molecule has 0 spiro atoms. The number of rotatable bonds is 4. The smallest absolute Gasteiger partial charge is 0.0314 e. The Balaban J connectivity index is 1.73. The van der Waals surface area contributed by atoms with Crippen molar-refractivity contribution in [2.24, 2.45) is 0 Å². The predicted molar refractivity (Wildman–Crippen MR) is 77.7 cm³/mol. The molecule has 1 fully saturated rings. The summed E-state index contributed by atoms with van der Waals surface area (Å²) in [7, 11) is 2.21. The lowest BCUT2D eigenvalue weighted by Crippen LogP contribution is -2.50. The Morgan fingerprint density at radius 2 is 1.94 bits per heavy atom. The quantitative estimate of drug-likeness (QED) is 0.824. The van der Waals surface area contributed by atoms with Crippen LogP contribution in [0.5, 0.6) is 0 Å². The summed E-state index contributed by atoms with van der Waals surface area (Å²) in [6.07, 6.45) is 2.39. The molecule has 1 aliphatic heterocycles. The summed E-state index contributed by atoms with van der Waals surface area (Å²) in [5.41, 5.74) is 7.94. The normalized spacial score (nSPS) is 22.2. The molecule has 1 aliphatic rings. The molecule has 0 aromatic heterocycles. The summed E-state index contributed by atoms with van der Waals surface area (Å²) in [4.78, 5) is 5.03. The Morgan fingerprint density at radius 3 is 2.61 bits per heavy atom. The minimum Gasteiger partial charge on any atom is -0.399 e. The van der Waals surface area contributed by atoms with Gasteiger partial charge in [0.2, 0.25) is 0 Å². The predicted octanol–water partition coefficient (Wildman–Crippen LogP) is 1.84. The molecule has 0 bridgehead atoms. The van der Waals surface area contributed by atoms with Crippen LogP contribution >= 0.6 is 0 Å². The van der Waals surface area contributed by atoms with E-state index >= 15 is 0 Å². The summed E-state index contributed by atoms with van der Waals surface area (Å²) in [5, 5.41) is 0. The second-order valence-corrected chi connectivity index (χ2v) is 5.49. The lowest BCUT2D eigenvalue weighted by atomic mass is 10.1. The van der Waals surface area contributed by atoms with E-state index < -0.39 is 0 Å². The van der Waals surface area contributed by atoms with Gasteiger partial charge in [-0.2, -0.15) is 0 Å². The van der Waals surface area contributed by atoms with Gasteiger partial charge in [0, 0.05) is 31.4 Å². The summed E-state index contributed by atoms with van der Waals surface area (Å²) in [6, 6.07) is 8.96. The van der Waals surface area contributed by atoms with Crippen molar-refractivity contribution in [2.75, 3.05) is 39.0 Å². The van der Waals surface area contributed by atoms with Crippen LogP contribution in [0.2, 0.25) is 0 Å². The lowest BCUT2D eigenvalue weighted by Gasteiger charge is -2.38. The van der Waals surface area contributed by atoms with E-state index in [9.17, 15) is 0 Å². The maximum Gasteiger partial charge on any atom is 0.0314 e. The first-order valence-corrected chi connectivity index (χ1v) is 6.92. The fraction of sp³-hybridized carbons (Fsp3) is 0.600. The van der Waals surface area contributed by atoms with E-state index in [0.717, 1.165) is 12.1 Å². The first-order chi connectivity index (χ1) is 8.65. The number of nitrogens with zero attached hydrogens (tertiary/aromatic N) is 2. The molecule has 1 aromatic carbocycles. The van der Waals surface area contributed by atoms with Crippen LogP contribution in [0.15, 0.2) is 24.3 Å². The molecule has 3 heteroatoms. The Kier molecular flexibility index (Phi) is 4.61. The number of likely N-dealkylation sites (N-methyl/N-ethyl adjacent to an activating group) is 1. The van der Waals surface area contributed by atoms with Crippen LogP contribution in [-0.2, 0) is 6.42 Å². The zero-order valence-corrected chi connectivity index (χ0v) is 11.6. The highest BCUT2D eigenvalue weighted by Crippen LogP contribution is 2.11. The average molecular weight is 247 g/mol. The van der Waals surface area contributed by atoms with Crippen molar-refractivity contribution in [3.63, 3.8) is 0 Å². The lowest BCUT2D eigenvalue weighted by molar-refractivity contribution is 0.0992. The number of benzene rings is 1. The van der Waals surface area contributed by atoms with Crippen molar-refractivity contribution in [1.29, 1.82) is 0 Å². The van der Waals surface area contributed by atoms with Gasteiger partial charge < -0.3 is 10.6 Å². The molecule has 0 amide bonds. The number of piperazine rings is 1. The number of anilines is 1. The average Bonchev–Trinajstić information content (AvgIpc) is 2.34. The van der Waals surface area contributed by atoms with E-state index in [0.29, 0.717) is 6.04 Å². The van der Waals surface area contributed by atoms with Crippen LogP contribution in [0.1, 0.15) is 18.9 Å². The van der Waals surface area contributed by atoms with E-state index in [1.54, 1.807) is 0 Å². The minimum atomic E-state index is 0.690. The van der Waals surface area contributed by atoms with Gasteiger partial charge in [-0.05, 0) is 51.1 Å². The van der Waals surface area contributed by atoms with Gasteiger partial charge in [-0.3, -0.25) is 4.90 Å². The number of aryl methyl sites for hydroxylation is 1. The van der Waals surface area contributed by atoms with Gasteiger partial charge in [0.1, 0.15) is 0 Å².